The number of ketones is 1. The Balaban J connectivity index is 2.19. The van der Waals surface area contributed by atoms with Gasteiger partial charge in [-0.2, -0.15) is 0 Å². The highest BCUT2D eigenvalue weighted by Crippen LogP contribution is 2.01. The maximum atomic E-state index is 11.5. The van der Waals surface area contributed by atoms with Crippen molar-refractivity contribution >= 4 is 5.78 Å². The van der Waals surface area contributed by atoms with Crippen LogP contribution in [0.1, 0.15) is 12.0 Å². The summed E-state index contributed by atoms with van der Waals surface area (Å²) in [5.41, 5.74) is 1.05. The zero-order valence-corrected chi connectivity index (χ0v) is 11.4. The second-order valence-electron chi connectivity index (χ2n) is 3.98. The highest BCUT2D eigenvalue weighted by atomic mass is 16.7. The fourth-order valence-electron chi connectivity index (χ4n) is 1.49. The molecule has 0 aromatic heterocycles. The molecule has 4 nitrogen and oxygen atoms in total. The van der Waals surface area contributed by atoms with Crippen LogP contribution >= 0.6 is 0 Å². The number of hydrogen-bond donors (Lipinski definition) is 0. The third-order valence-corrected chi connectivity index (χ3v) is 2.51. The molecule has 0 aliphatic carbocycles. The van der Waals surface area contributed by atoms with Gasteiger partial charge < -0.3 is 14.2 Å². The quantitative estimate of drug-likeness (QED) is 0.507. The lowest BCUT2D eigenvalue weighted by Crippen LogP contribution is -2.11. The second-order valence-corrected chi connectivity index (χ2v) is 3.98. The third kappa shape index (κ3) is 6.86. The van der Waals surface area contributed by atoms with Gasteiger partial charge in [0, 0.05) is 20.6 Å². The topological polar surface area (TPSA) is 44.8 Å². The average molecular weight is 264 g/mol. The molecule has 19 heavy (non-hydrogen) atoms. The summed E-state index contributed by atoms with van der Waals surface area (Å²) >= 11 is 0. The average Bonchev–Trinajstić information content (AvgIpc) is 2.45. The van der Waals surface area contributed by atoms with E-state index in [1.54, 1.807) is 20.3 Å². The predicted molar refractivity (Wildman–Crippen MR) is 72.7 cm³/mol. The summed E-state index contributed by atoms with van der Waals surface area (Å²) in [6, 6.07) is 9.75. The van der Waals surface area contributed by atoms with Gasteiger partial charge in [0.05, 0.1) is 6.61 Å². The Hall–Kier alpha value is -1.49. The van der Waals surface area contributed by atoms with E-state index in [2.05, 4.69) is 0 Å². The summed E-state index contributed by atoms with van der Waals surface area (Å²) in [6.45, 7) is 0.523. The molecule has 0 saturated heterocycles. The first-order valence-corrected chi connectivity index (χ1v) is 6.13. The van der Waals surface area contributed by atoms with Crippen LogP contribution in [0.2, 0.25) is 0 Å². The van der Waals surface area contributed by atoms with E-state index < -0.39 is 0 Å². The van der Waals surface area contributed by atoms with Gasteiger partial charge in [-0.25, -0.2) is 0 Å². The number of hydrogen-bond acceptors (Lipinski definition) is 4. The highest BCUT2D eigenvalue weighted by Gasteiger charge is 2.02. The van der Waals surface area contributed by atoms with E-state index in [4.69, 9.17) is 14.2 Å². The van der Waals surface area contributed by atoms with Crippen molar-refractivity contribution in [2.45, 2.75) is 19.3 Å². The number of carbonyl (C=O) groups is 1. The van der Waals surface area contributed by atoms with Crippen molar-refractivity contribution in [3.05, 3.63) is 48.0 Å². The summed E-state index contributed by atoms with van der Waals surface area (Å²) in [7, 11) is 3.12. The first-order chi connectivity index (χ1) is 9.26. The maximum absolute atomic E-state index is 11.5. The zero-order valence-electron chi connectivity index (χ0n) is 11.4. The largest absolute Gasteiger partial charge is 0.369 e. The van der Waals surface area contributed by atoms with E-state index in [9.17, 15) is 4.79 Å². The molecular weight excluding hydrogens is 244 g/mol. The molecule has 0 amide bonds. The van der Waals surface area contributed by atoms with Gasteiger partial charge in [0.1, 0.15) is 6.61 Å². The lowest BCUT2D eigenvalue weighted by Gasteiger charge is -2.09. The van der Waals surface area contributed by atoms with Gasteiger partial charge in [-0.05, 0) is 11.6 Å². The van der Waals surface area contributed by atoms with Crippen LogP contribution in [0.4, 0.5) is 0 Å². The fourth-order valence-corrected chi connectivity index (χ4v) is 1.49. The summed E-state index contributed by atoms with van der Waals surface area (Å²) in [6.07, 6.45) is 3.45. The van der Waals surface area contributed by atoms with Gasteiger partial charge >= 0.3 is 0 Å². The van der Waals surface area contributed by atoms with Gasteiger partial charge in [-0.1, -0.05) is 36.4 Å². The highest BCUT2D eigenvalue weighted by molar-refractivity contribution is 5.90. The maximum Gasteiger partial charge on any atom is 0.180 e. The van der Waals surface area contributed by atoms with Crippen LogP contribution in [0.15, 0.2) is 42.5 Å². The summed E-state index contributed by atoms with van der Waals surface area (Å²) in [5.74, 6) is -0.0677. The normalized spacial score (nSPS) is 11.3. The third-order valence-electron chi connectivity index (χ3n) is 2.51. The molecule has 0 N–H and O–H groups in total. The Labute approximate surface area is 114 Å². The molecule has 0 bridgehead atoms. The standard InChI is InChI=1S/C15H20O4/c1-17-15(18-2)10-6-9-14(16)12-19-11-13-7-4-3-5-8-13/h3-9,15H,10-12H2,1-2H3/b9-6+. The van der Waals surface area contributed by atoms with Crippen molar-refractivity contribution < 1.29 is 19.0 Å². The number of ether oxygens (including phenoxy) is 3. The van der Waals surface area contributed by atoms with Gasteiger partial charge in [0.2, 0.25) is 0 Å². The molecule has 104 valence electrons. The predicted octanol–water partition coefficient (Wildman–Crippen LogP) is 2.34. The number of benzene rings is 1. The summed E-state index contributed by atoms with van der Waals surface area (Å²) in [5, 5.41) is 0. The second kappa shape index (κ2) is 9.44. The monoisotopic (exact) mass is 264 g/mol. The zero-order chi connectivity index (χ0) is 13.9. The minimum absolute atomic E-state index is 0.0677. The van der Waals surface area contributed by atoms with Gasteiger partial charge in [0.25, 0.3) is 0 Å². The SMILES string of the molecule is COC(C/C=C/C(=O)COCc1ccccc1)OC. The van der Waals surface area contributed by atoms with Gasteiger partial charge in [0.15, 0.2) is 12.1 Å². The van der Waals surface area contributed by atoms with Crippen molar-refractivity contribution in [2.24, 2.45) is 0 Å². The number of rotatable bonds is 9. The first-order valence-electron chi connectivity index (χ1n) is 6.13. The minimum atomic E-state index is -0.311. The van der Waals surface area contributed by atoms with Crippen LogP contribution in [-0.4, -0.2) is 32.9 Å². The van der Waals surface area contributed by atoms with Crippen LogP contribution in [-0.2, 0) is 25.6 Å². The Bertz CT molecular complexity index is 382. The van der Waals surface area contributed by atoms with E-state index in [1.165, 1.54) is 6.08 Å². The van der Waals surface area contributed by atoms with Crippen molar-refractivity contribution in [3.8, 4) is 0 Å². The fraction of sp³-hybridized carbons (Fsp3) is 0.400. The lowest BCUT2D eigenvalue weighted by atomic mass is 10.2. The van der Waals surface area contributed by atoms with E-state index in [1.807, 2.05) is 30.3 Å². The molecule has 4 heteroatoms. The van der Waals surface area contributed by atoms with Crippen LogP contribution in [0, 0.1) is 0 Å². The molecular formula is C15H20O4. The Morgan fingerprint density at radius 3 is 2.53 bits per heavy atom. The van der Waals surface area contributed by atoms with Crippen LogP contribution < -0.4 is 0 Å². The Morgan fingerprint density at radius 1 is 1.21 bits per heavy atom. The summed E-state index contributed by atoms with van der Waals surface area (Å²) in [4.78, 5) is 11.5. The summed E-state index contributed by atoms with van der Waals surface area (Å²) < 4.78 is 15.3. The molecule has 1 aromatic carbocycles. The van der Waals surface area contributed by atoms with Crippen molar-refractivity contribution in [1.82, 2.24) is 0 Å². The molecule has 0 heterocycles. The molecule has 1 rings (SSSR count). The smallest absolute Gasteiger partial charge is 0.180 e. The molecule has 0 fully saturated rings. The van der Waals surface area contributed by atoms with E-state index in [0.717, 1.165) is 5.56 Å². The lowest BCUT2D eigenvalue weighted by molar-refractivity contribution is -0.119. The van der Waals surface area contributed by atoms with Crippen molar-refractivity contribution in [2.75, 3.05) is 20.8 Å². The van der Waals surface area contributed by atoms with Crippen LogP contribution in [0.3, 0.4) is 0 Å². The van der Waals surface area contributed by atoms with E-state index in [-0.39, 0.29) is 18.7 Å². The molecule has 0 radical (unpaired) electrons. The van der Waals surface area contributed by atoms with E-state index in [0.29, 0.717) is 13.0 Å². The number of methoxy groups -OCH3 is 2. The molecule has 0 unspecified atom stereocenters. The number of carbonyl (C=O) groups excluding carboxylic acids is 1. The van der Waals surface area contributed by atoms with Crippen molar-refractivity contribution in [3.63, 3.8) is 0 Å². The first kappa shape index (κ1) is 15.6. The molecule has 0 spiro atoms. The molecule has 0 aliphatic heterocycles. The molecule has 1 aromatic rings. The van der Waals surface area contributed by atoms with Gasteiger partial charge in [-0.15, -0.1) is 0 Å². The van der Waals surface area contributed by atoms with Crippen LogP contribution in [0.5, 0.6) is 0 Å². The van der Waals surface area contributed by atoms with Crippen molar-refractivity contribution in [1.29, 1.82) is 0 Å². The Kier molecular flexibility index (Phi) is 7.74. The minimum Gasteiger partial charge on any atom is -0.369 e. The Morgan fingerprint density at radius 2 is 1.89 bits per heavy atom. The van der Waals surface area contributed by atoms with E-state index >= 15 is 0 Å². The molecule has 0 atom stereocenters. The van der Waals surface area contributed by atoms with Gasteiger partial charge in [-0.3, -0.25) is 4.79 Å². The van der Waals surface area contributed by atoms with Crippen LogP contribution in [0.25, 0.3) is 0 Å². The molecule has 0 saturated carbocycles. The molecule has 0 aliphatic rings.